The van der Waals surface area contributed by atoms with Crippen molar-refractivity contribution in [2.45, 2.75) is 18.3 Å². The van der Waals surface area contributed by atoms with Gasteiger partial charge < -0.3 is 9.84 Å². The van der Waals surface area contributed by atoms with Crippen molar-refractivity contribution >= 4 is 17.6 Å². The molecule has 2 atom stereocenters. The minimum absolute atomic E-state index is 0.218. The number of carbonyl (C=O) groups is 1. The van der Waals surface area contributed by atoms with E-state index in [1.54, 1.807) is 6.07 Å². The summed E-state index contributed by atoms with van der Waals surface area (Å²) in [6.07, 6.45) is 1.48. The van der Waals surface area contributed by atoms with Crippen LogP contribution in [0.3, 0.4) is 0 Å². The van der Waals surface area contributed by atoms with Gasteiger partial charge in [0.25, 0.3) is 0 Å². The summed E-state index contributed by atoms with van der Waals surface area (Å²) in [4.78, 5) is 11.1. The van der Waals surface area contributed by atoms with E-state index in [9.17, 15) is 4.79 Å². The standard InChI is InChI=1S/C12H11ClO3/c13-7-1-2-10-8(5-7)12(3-4-16-10)6-9(12)11(14)15/h1-2,5,9H,3-4,6H2,(H,14,15)/t9-,12-/m0/s1. The summed E-state index contributed by atoms with van der Waals surface area (Å²) >= 11 is 5.96. The molecule has 0 bridgehead atoms. The highest BCUT2D eigenvalue weighted by atomic mass is 35.5. The fourth-order valence-corrected chi connectivity index (χ4v) is 2.87. The van der Waals surface area contributed by atoms with Crippen molar-refractivity contribution < 1.29 is 14.6 Å². The molecular formula is C12H11ClO3. The van der Waals surface area contributed by atoms with Crippen molar-refractivity contribution in [2.75, 3.05) is 6.61 Å². The SMILES string of the molecule is O=C(O)[C@@H]1C[C@]12CCOc1ccc(Cl)cc12. The van der Waals surface area contributed by atoms with E-state index in [1.807, 2.05) is 12.1 Å². The van der Waals surface area contributed by atoms with Crippen LogP contribution in [0.15, 0.2) is 18.2 Å². The van der Waals surface area contributed by atoms with E-state index in [2.05, 4.69) is 0 Å². The maximum atomic E-state index is 11.1. The third-order valence-corrected chi connectivity index (χ3v) is 3.89. The number of aliphatic carboxylic acids is 1. The lowest BCUT2D eigenvalue weighted by molar-refractivity contribution is -0.139. The van der Waals surface area contributed by atoms with Crippen molar-refractivity contribution in [3.63, 3.8) is 0 Å². The molecule has 1 aliphatic carbocycles. The molecule has 0 radical (unpaired) electrons. The molecule has 2 aliphatic rings. The number of hydrogen-bond acceptors (Lipinski definition) is 2. The predicted molar refractivity (Wildman–Crippen MR) is 59.0 cm³/mol. The lowest BCUT2D eigenvalue weighted by Gasteiger charge is -2.26. The Morgan fingerprint density at radius 1 is 1.56 bits per heavy atom. The van der Waals surface area contributed by atoms with Gasteiger partial charge in [0.1, 0.15) is 5.75 Å². The number of benzene rings is 1. The van der Waals surface area contributed by atoms with Crippen LogP contribution < -0.4 is 4.74 Å². The van der Waals surface area contributed by atoms with Gasteiger partial charge >= 0.3 is 5.97 Å². The molecule has 1 spiro atoms. The zero-order valence-corrected chi connectivity index (χ0v) is 9.33. The lowest BCUT2D eigenvalue weighted by Crippen LogP contribution is -2.24. The van der Waals surface area contributed by atoms with Crippen LogP contribution in [0.2, 0.25) is 5.02 Å². The van der Waals surface area contributed by atoms with Gasteiger partial charge in [-0.3, -0.25) is 4.79 Å². The average Bonchev–Trinajstić information content (AvgIpc) is 2.96. The number of rotatable bonds is 1. The van der Waals surface area contributed by atoms with Crippen molar-refractivity contribution in [3.8, 4) is 5.75 Å². The number of ether oxygens (including phenoxy) is 1. The van der Waals surface area contributed by atoms with Gasteiger partial charge in [-0.2, -0.15) is 0 Å². The highest BCUT2D eigenvalue weighted by Crippen LogP contribution is 2.60. The normalized spacial score (nSPS) is 30.7. The molecule has 84 valence electrons. The molecule has 1 fully saturated rings. The zero-order valence-electron chi connectivity index (χ0n) is 8.57. The Bertz CT molecular complexity index is 471. The molecule has 4 heteroatoms. The number of carboxylic acids is 1. The molecular weight excluding hydrogens is 228 g/mol. The second-order valence-electron chi connectivity index (χ2n) is 4.49. The summed E-state index contributed by atoms with van der Waals surface area (Å²) in [5, 5.41) is 9.73. The summed E-state index contributed by atoms with van der Waals surface area (Å²) in [6.45, 7) is 0.596. The molecule has 1 aromatic rings. The van der Waals surface area contributed by atoms with E-state index in [4.69, 9.17) is 21.4 Å². The van der Waals surface area contributed by atoms with E-state index in [0.29, 0.717) is 18.1 Å². The van der Waals surface area contributed by atoms with Crippen LogP contribution in [0.5, 0.6) is 5.75 Å². The predicted octanol–water partition coefficient (Wildman–Crippen LogP) is 2.46. The molecule has 3 rings (SSSR count). The number of hydrogen-bond donors (Lipinski definition) is 1. The first-order chi connectivity index (χ1) is 7.63. The minimum Gasteiger partial charge on any atom is -0.493 e. The van der Waals surface area contributed by atoms with Gasteiger partial charge in [-0.1, -0.05) is 11.6 Å². The van der Waals surface area contributed by atoms with Crippen LogP contribution in [0.4, 0.5) is 0 Å². The molecule has 1 aromatic carbocycles. The number of carboxylic acid groups (broad SMARTS) is 1. The monoisotopic (exact) mass is 238 g/mol. The molecule has 0 aromatic heterocycles. The summed E-state index contributed by atoms with van der Waals surface area (Å²) in [7, 11) is 0. The van der Waals surface area contributed by atoms with Gasteiger partial charge in [-0.05, 0) is 31.0 Å². The highest BCUT2D eigenvalue weighted by Gasteiger charge is 2.61. The molecule has 16 heavy (non-hydrogen) atoms. The van der Waals surface area contributed by atoms with E-state index in [-0.39, 0.29) is 11.3 Å². The minimum atomic E-state index is -0.715. The molecule has 0 saturated heterocycles. The van der Waals surface area contributed by atoms with Gasteiger partial charge in [-0.15, -0.1) is 0 Å². The van der Waals surface area contributed by atoms with E-state index in [1.165, 1.54) is 0 Å². The fourth-order valence-electron chi connectivity index (χ4n) is 2.70. The third kappa shape index (κ3) is 1.24. The van der Waals surface area contributed by atoms with E-state index in [0.717, 1.165) is 17.7 Å². The molecule has 1 N–H and O–H groups in total. The topological polar surface area (TPSA) is 46.5 Å². The van der Waals surface area contributed by atoms with Crippen molar-refractivity contribution in [2.24, 2.45) is 5.92 Å². The summed E-state index contributed by atoms with van der Waals surface area (Å²) in [5.74, 6) is -0.194. The zero-order chi connectivity index (χ0) is 11.3. The number of fused-ring (bicyclic) bond motifs is 2. The Kier molecular flexibility index (Phi) is 1.96. The lowest BCUT2D eigenvalue weighted by atomic mass is 9.87. The first-order valence-corrected chi connectivity index (χ1v) is 5.67. The quantitative estimate of drug-likeness (QED) is 0.818. The Morgan fingerprint density at radius 3 is 3.06 bits per heavy atom. The van der Waals surface area contributed by atoms with Gasteiger partial charge in [0.2, 0.25) is 0 Å². The summed E-state index contributed by atoms with van der Waals surface area (Å²) < 4.78 is 5.53. The first kappa shape index (κ1) is 9.97. The molecule has 1 aliphatic heterocycles. The molecule has 1 saturated carbocycles. The second kappa shape index (κ2) is 3.14. The Hall–Kier alpha value is -1.22. The third-order valence-electron chi connectivity index (χ3n) is 3.66. The first-order valence-electron chi connectivity index (χ1n) is 5.29. The maximum absolute atomic E-state index is 11.1. The summed E-state index contributed by atoms with van der Waals surface area (Å²) in [6, 6.07) is 5.45. The van der Waals surface area contributed by atoms with Crippen LogP contribution in [0.1, 0.15) is 18.4 Å². The largest absolute Gasteiger partial charge is 0.493 e. The second-order valence-corrected chi connectivity index (χ2v) is 4.93. The molecule has 0 amide bonds. The molecule has 3 nitrogen and oxygen atoms in total. The van der Waals surface area contributed by atoms with Crippen molar-refractivity contribution in [1.82, 2.24) is 0 Å². The Balaban J connectivity index is 2.07. The van der Waals surface area contributed by atoms with Gasteiger partial charge in [0.15, 0.2) is 0 Å². The van der Waals surface area contributed by atoms with E-state index >= 15 is 0 Å². The van der Waals surface area contributed by atoms with Crippen LogP contribution in [-0.4, -0.2) is 17.7 Å². The highest BCUT2D eigenvalue weighted by molar-refractivity contribution is 6.30. The Labute approximate surface area is 98.0 Å². The van der Waals surface area contributed by atoms with Crippen LogP contribution in [0, 0.1) is 5.92 Å². The smallest absolute Gasteiger partial charge is 0.307 e. The summed E-state index contributed by atoms with van der Waals surface area (Å²) in [5.41, 5.74) is 0.753. The van der Waals surface area contributed by atoms with Crippen molar-refractivity contribution in [1.29, 1.82) is 0 Å². The Morgan fingerprint density at radius 2 is 2.38 bits per heavy atom. The number of halogens is 1. The van der Waals surface area contributed by atoms with Gasteiger partial charge in [0.05, 0.1) is 12.5 Å². The van der Waals surface area contributed by atoms with Gasteiger partial charge in [-0.25, -0.2) is 0 Å². The molecule has 1 heterocycles. The van der Waals surface area contributed by atoms with E-state index < -0.39 is 5.97 Å². The average molecular weight is 239 g/mol. The van der Waals surface area contributed by atoms with Crippen LogP contribution in [-0.2, 0) is 10.2 Å². The fraction of sp³-hybridized carbons (Fsp3) is 0.417. The molecule has 0 unspecified atom stereocenters. The maximum Gasteiger partial charge on any atom is 0.307 e. The van der Waals surface area contributed by atoms with Crippen LogP contribution >= 0.6 is 11.6 Å². The van der Waals surface area contributed by atoms with Crippen molar-refractivity contribution in [3.05, 3.63) is 28.8 Å². The van der Waals surface area contributed by atoms with Crippen LogP contribution in [0.25, 0.3) is 0 Å². The van der Waals surface area contributed by atoms with Gasteiger partial charge in [0, 0.05) is 16.0 Å².